The third-order valence-electron chi connectivity index (χ3n) is 3.89. The summed E-state index contributed by atoms with van der Waals surface area (Å²) in [5, 5.41) is 1.35. The molecule has 2 aromatic carbocycles. The zero-order valence-electron chi connectivity index (χ0n) is 14.6. The molecule has 1 aromatic heterocycles. The average molecular weight is 373 g/mol. The molecule has 0 bridgehead atoms. The summed E-state index contributed by atoms with van der Waals surface area (Å²) in [7, 11) is 4.48. The first kappa shape index (κ1) is 17.9. The molecule has 26 heavy (non-hydrogen) atoms. The van der Waals surface area contributed by atoms with Crippen LogP contribution in [0.15, 0.2) is 36.4 Å². The number of carbonyl (C=O) groups excluding carboxylic acids is 1. The van der Waals surface area contributed by atoms with E-state index in [1.807, 2.05) is 12.1 Å². The zero-order chi connectivity index (χ0) is 18.7. The molecule has 0 aliphatic carbocycles. The number of ether oxygens (including phenoxy) is 3. The minimum atomic E-state index is -0.406. The Bertz CT molecular complexity index is 975. The van der Waals surface area contributed by atoms with Crippen molar-refractivity contribution in [1.29, 1.82) is 0 Å². The second kappa shape index (κ2) is 7.58. The fourth-order valence-corrected chi connectivity index (χ4v) is 2.80. The van der Waals surface area contributed by atoms with Crippen molar-refractivity contribution in [3.8, 4) is 22.8 Å². The SMILES string of the molecule is COC(=O)Cc1nc(-c2ccc(OC)c(OC)c2)c2cc(Cl)ccc2n1. The lowest BCUT2D eigenvalue weighted by Gasteiger charge is -2.12. The van der Waals surface area contributed by atoms with Crippen LogP contribution in [0.5, 0.6) is 11.5 Å². The predicted octanol–water partition coefficient (Wildman–Crippen LogP) is 3.68. The van der Waals surface area contributed by atoms with Crippen LogP contribution < -0.4 is 9.47 Å². The number of carbonyl (C=O) groups is 1. The fourth-order valence-electron chi connectivity index (χ4n) is 2.63. The molecule has 134 valence electrons. The highest BCUT2D eigenvalue weighted by atomic mass is 35.5. The van der Waals surface area contributed by atoms with E-state index in [0.717, 1.165) is 10.9 Å². The second-order valence-corrected chi connectivity index (χ2v) is 5.91. The maximum atomic E-state index is 11.6. The van der Waals surface area contributed by atoms with Crippen molar-refractivity contribution in [3.05, 3.63) is 47.2 Å². The zero-order valence-corrected chi connectivity index (χ0v) is 15.3. The van der Waals surface area contributed by atoms with Gasteiger partial charge in [-0.25, -0.2) is 9.97 Å². The standard InChI is InChI=1S/C19H17ClN2O4/c1-24-15-7-4-11(8-16(15)25-2)19-13-9-12(20)5-6-14(13)21-17(22-19)10-18(23)26-3/h4-9H,10H2,1-3H3. The molecule has 0 fully saturated rings. The van der Waals surface area contributed by atoms with Gasteiger partial charge in [0.1, 0.15) is 12.2 Å². The van der Waals surface area contributed by atoms with E-state index in [2.05, 4.69) is 9.97 Å². The minimum Gasteiger partial charge on any atom is -0.493 e. The molecule has 0 unspecified atom stereocenters. The Kier molecular flexibility index (Phi) is 5.23. The molecule has 0 amide bonds. The van der Waals surface area contributed by atoms with Crippen molar-refractivity contribution in [2.24, 2.45) is 0 Å². The van der Waals surface area contributed by atoms with Gasteiger partial charge in [-0.1, -0.05) is 11.6 Å². The number of esters is 1. The lowest BCUT2D eigenvalue weighted by atomic mass is 10.1. The van der Waals surface area contributed by atoms with Gasteiger partial charge in [0.25, 0.3) is 0 Å². The van der Waals surface area contributed by atoms with Crippen LogP contribution in [-0.4, -0.2) is 37.3 Å². The van der Waals surface area contributed by atoms with Gasteiger partial charge in [-0.2, -0.15) is 0 Å². The van der Waals surface area contributed by atoms with Crippen LogP contribution in [0.1, 0.15) is 5.82 Å². The lowest BCUT2D eigenvalue weighted by molar-refractivity contribution is -0.139. The van der Waals surface area contributed by atoms with E-state index in [1.54, 1.807) is 38.5 Å². The molecule has 0 atom stereocenters. The van der Waals surface area contributed by atoms with Crippen LogP contribution in [0, 0.1) is 0 Å². The number of halogens is 1. The Morgan fingerprint density at radius 3 is 2.46 bits per heavy atom. The highest BCUT2D eigenvalue weighted by molar-refractivity contribution is 6.31. The highest BCUT2D eigenvalue weighted by Crippen LogP contribution is 2.35. The van der Waals surface area contributed by atoms with Crippen molar-refractivity contribution < 1.29 is 19.0 Å². The third-order valence-corrected chi connectivity index (χ3v) is 4.13. The smallest absolute Gasteiger partial charge is 0.313 e. The number of methoxy groups -OCH3 is 3. The summed E-state index contributed by atoms with van der Waals surface area (Å²) in [6.45, 7) is 0. The molecule has 0 N–H and O–H groups in total. The van der Waals surface area contributed by atoms with Gasteiger partial charge in [0.15, 0.2) is 11.5 Å². The normalized spacial score (nSPS) is 10.6. The van der Waals surface area contributed by atoms with E-state index in [4.69, 9.17) is 25.8 Å². The molecule has 0 spiro atoms. The molecule has 3 rings (SSSR count). The van der Waals surface area contributed by atoms with Crippen LogP contribution in [0.2, 0.25) is 5.02 Å². The van der Waals surface area contributed by atoms with Crippen molar-refractivity contribution in [1.82, 2.24) is 9.97 Å². The van der Waals surface area contributed by atoms with E-state index in [0.29, 0.717) is 33.6 Å². The summed E-state index contributed by atoms with van der Waals surface area (Å²) in [5.74, 6) is 1.16. The van der Waals surface area contributed by atoms with Crippen LogP contribution in [0.3, 0.4) is 0 Å². The van der Waals surface area contributed by atoms with Crippen LogP contribution >= 0.6 is 11.6 Å². The predicted molar refractivity (Wildman–Crippen MR) is 98.8 cm³/mol. The molecular weight excluding hydrogens is 356 g/mol. The quantitative estimate of drug-likeness (QED) is 0.636. The largest absolute Gasteiger partial charge is 0.493 e. The topological polar surface area (TPSA) is 70.5 Å². The van der Waals surface area contributed by atoms with E-state index in [-0.39, 0.29) is 6.42 Å². The third kappa shape index (κ3) is 3.55. The van der Waals surface area contributed by atoms with Gasteiger partial charge >= 0.3 is 5.97 Å². The molecule has 0 radical (unpaired) electrons. The average Bonchev–Trinajstić information content (AvgIpc) is 2.66. The summed E-state index contributed by atoms with van der Waals surface area (Å²) < 4.78 is 15.4. The number of fused-ring (bicyclic) bond motifs is 1. The molecule has 0 aliphatic heterocycles. The first-order valence-electron chi connectivity index (χ1n) is 7.81. The first-order chi connectivity index (χ1) is 12.5. The van der Waals surface area contributed by atoms with E-state index in [1.165, 1.54) is 7.11 Å². The monoisotopic (exact) mass is 372 g/mol. The van der Waals surface area contributed by atoms with Gasteiger partial charge in [0, 0.05) is 16.0 Å². The molecule has 0 aliphatic rings. The number of nitrogens with zero attached hydrogens (tertiary/aromatic N) is 2. The number of hydrogen-bond donors (Lipinski definition) is 0. The van der Waals surface area contributed by atoms with Gasteiger partial charge < -0.3 is 14.2 Å². The summed E-state index contributed by atoms with van der Waals surface area (Å²) in [5.41, 5.74) is 2.13. The van der Waals surface area contributed by atoms with Gasteiger partial charge in [-0.3, -0.25) is 4.79 Å². The van der Waals surface area contributed by atoms with Gasteiger partial charge in [0.05, 0.1) is 32.5 Å². The van der Waals surface area contributed by atoms with Crippen molar-refractivity contribution in [3.63, 3.8) is 0 Å². The Morgan fingerprint density at radius 2 is 1.77 bits per heavy atom. The molecule has 1 heterocycles. The Morgan fingerprint density at radius 1 is 1.00 bits per heavy atom. The second-order valence-electron chi connectivity index (χ2n) is 5.47. The molecule has 0 saturated heterocycles. The number of benzene rings is 2. The number of rotatable bonds is 5. The molecular formula is C19H17ClN2O4. The lowest BCUT2D eigenvalue weighted by Crippen LogP contribution is -2.09. The summed E-state index contributed by atoms with van der Waals surface area (Å²) >= 11 is 6.16. The highest BCUT2D eigenvalue weighted by Gasteiger charge is 2.15. The van der Waals surface area contributed by atoms with E-state index in [9.17, 15) is 4.79 Å². The van der Waals surface area contributed by atoms with Crippen LogP contribution in [0.4, 0.5) is 0 Å². The van der Waals surface area contributed by atoms with Gasteiger partial charge in [-0.15, -0.1) is 0 Å². The van der Waals surface area contributed by atoms with Crippen LogP contribution in [0.25, 0.3) is 22.2 Å². The van der Waals surface area contributed by atoms with Crippen molar-refractivity contribution >= 4 is 28.5 Å². The summed E-state index contributed by atoms with van der Waals surface area (Å²) in [4.78, 5) is 20.6. The molecule has 0 saturated carbocycles. The summed E-state index contributed by atoms with van der Waals surface area (Å²) in [6, 6.07) is 10.8. The molecule has 6 nitrogen and oxygen atoms in total. The van der Waals surface area contributed by atoms with Gasteiger partial charge in [0.2, 0.25) is 0 Å². The maximum absolute atomic E-state index is 11.6. The first-order valence-corrected chi connectivity index (χ1v) is 8.19. The maximum Gasteiger partial charge on any atom is 0.313 e. The van der Waals surface area contributed by atoms with Crippen molar-refractivity contribution in [2.75, 3.05) is 21.3 Å². The van der Waals surface area contributed by atoms with Crippen molar-refractivity contribution in [2.45, 2.75) is 6.42 Å². The van der Waals surface area contributed by atoms with E-state index >= 15 is 0 Å². The molecule has 3 aromatic rings. The number of hydrogen-bond acceptors (Lipinski definition) is 6. The Balaban J connectivity index is 2.22. The van der Waals surface area contributed by atoms with Crippen LogP contribution in [-0.2, 0) is 16.0 Å². The summed E-state index contributed by atoms with van der Waals surface area (Å²) in [6.07, 6.45) is -0.0185. The fraction of sp³-hybridized carbons (Fsp3) is 0.211. The number of aromatic nitrogens is 2. The molecule has 7 heteroatoms. The van der Waals surface area contributed by atoms with Gasteiger partial charge in [-0.05, 0) is 36.4 Å². The minimum absolute atomic E-state index is 0.0185. The Labute approximate surface area is 155 Å². The Hall–Kier alpha value is -2.86. The van der Waals surface area contributed by atoms with E-state index < -0.39 is 5.97 Å².